The second kappa shape index (κ2) is 6.00. The third kappa shape index (κ3) is 2.61. The topological polar surface area (TPSA) is 29.9 Å². The monoisotopic (exact) mass is 299 g/mol. The van der Waals surface area contributed by atoms with E-state index in [-0.39, 0.29) is 0 Å². The van der Waals surface area contributed by atoms with E-state index >= 15 is 0 Å². The van der Waals surface area contributed by atoms with Crippen molar-refractivity contribution in [3.8, 4) is 0 Å². The zero-order valence-electron chi connectivity index (χ0n) is 12.8. The van der Waals surface area contributed by atoms with E-state index in [4.69, 9.17) is 5.10 Å². The summed E-state index contributed by atoms with van der Waals surface area (Å²) >= 11 is 1.82. The van der Waals surface area contributed by atoms with Gasteiger partial charge in [-0.1, -0.05) is 18.2 Å². The summed E-state index contributed by atoms with van der Waals surface area (Å²) in [5.74, 6) is 0. The van der Waals surface area contributed by atoms with E-state index in [2.05, 4.69) is 59.6 Å². The van der Waals surface area contributed by atoms with E-state index in [1.54, 1.807) is 0 Å². The van der Waals surface area contributed by atoms with Crippen LogP contribution in [0.4, 0.5) is 0 Å². The van der Waals surface area contributed by atoms with E-state index in [0.717, 1.165) is 13.0 Å². The Hall–Kier alpha value is -1.65. The molecule has 1 N–H and O–H groups in total. The molecule has 0 aliphatic carbocycles. The minimum absolute atomic E-state index is 0.327. The molecule has 1 atom stereocenters. The summed E-state index contributed by atoms with van der Waals surface area (Å²) in [6, 6.07) is 11.0. The summed E-state index contributed by atoms with van der Waals surface area (Å²) in [7, 11) is 2.03. The van der Waals surface area contributed by atoms with Crippen LogP contribution in [0.2, 0.25) is 0 Å². The summed E-state index contributed by atoms with van der Waals surface area (Å²) < 4.78 is 2.10. The van der Waals surface area contributed by atoms with Gasteiger partial charge >= 0.3 is 0 Å². The van der Waals surface area contributed by atoms with Crippen LogP contribution in [0.15, 0.2) is 35.7 Å². The number of aryl methyl sites for hydroxylation is 2. The van der Waals surface area contributed by atoms with Gasteiger partial charge in [-0.05, 0) is 44.0 Å². The second-order valence-corrected chi connectivity index (χ2v) is 6.24. The van der Waals surface area contributed by atoms with Gasteiger partial charge in [-0.2, -0.15) is 5.10 Å². The van der Waals surface area contributed by atoms with Gasteiger partial charge in [0.1, 0.15) is 0 Å². The van der Waals surface area contributed by atoms with Crippen LogP contribution in [-0.2, 0) is 13.0 Å². The first-order valence-electron chi connectivity index (χ1n) is 7.40. The van der Waals surface area contributed by atoms with Crippen LogP contribution in [0.3, 0.4) is 0 Å². The number of likely N-dealkylation sites (N-methyl/N-ethyl adjacent to an activating group) is 1. The maximum absolute atomic E-state index is 4.82. The number of hydrogen-bond donors (Lipinski definition) is 1. The fourth-order valence-electron chi connectivity index (χ4n) is 2.85. The first kappa shape index (κ1) is 14.3. The molecule has 4 heteroatoms. The van der Waals surface area contributed by atoms with Crippen LogP contribution in [0, 0.1) is 6.92 Å². The number of rotatable bonds is 5. The van der Waals surface area contributed by atoms with Crippen LogP contribution >= 0.6 is 11.3 Å². The van der Waals surface area contributed by atoms with Gasteiger partial charge in [-0.3, -0.25) is 4.68 Å². The Labute approximate surface area is 129 Å². The quantitative estimate of drug-likeness (QED) is 0.773. The lowest BCUT2D eigenvalue weighted by atomic mass is 10.0. The number of hydrogen-bond acceptors (Lipinski definition) is 3. The van der Waals surface area contributed by atoms with Crippen molar-refractivity contribution in [2.24, 2.45) is 0 Å². The van der Waals surface area contributed by atoms with Crippen LogP contribution < -0.4 is 5.32 Å². The summed E-state index contributed by atoms with van der Waals surface area (Å²) in [6.07, 6.45) is 0.922. The molecule has 3 aromatic rings. The minimum Gasteiger partial charge on any atom is -0.312 e. The van der Waals surface area contributed by atoms with Crippen molar-refractivity contribution in [1.82, 2.24) is 15.1 Å². The molecule has 3 nitrogen and oxygen atoms in total. The number of fused-ring (bicyclic) bond motifs is 1. The second-order valence-electron chi connectivity index (χ2n) is 5.29. The maximum Gasteiger partial charge on any atom is 0.0722 e. The van der Waals surface area contributed by atoms with Gasteiger partial charge in [-0.25, -0.2) is 0 Å². The number of nitrogens with zero attached hydrogens (tertiary/aromatic N) is 2. The Balaban J connectivity index is 1.99. The molecule has 0 aliphatic rings. The lowest BCUT2D eigenvalue weighted by molar-refractivity contribution is 0.578. The normalized spacial score (nSPS) is 12.9. The zero-order chi connectivity index (χ0) is 14.8. The van der Waals surface area contributed by atoms with E-state index in [1.807, 2.05) is 18.4 Å². The van der Waals surface area contributed by atoms with Gasteiger partial charge in [0.05, 0.1) is 11.2 Å². The van der Waals surface area contributed by atoms with Crippen molar-refractivity contribution in [1.29, 1.82) is 0 Å². The Kier molecular flexibility index (Phi) is 4.08. The van der Waals surface area contributed by atoms with Gasteiger partial charge in [0, 0.05) is 29.3 Å². The number of para-hydroxylation sites is 1. The molecule has 1 unspecified atom stereocenters. The van der Waals surface area contributed by atoms with Gasteiger partial charge in [-0.15, -0.1) is 11.3 Å². The van der Waals surface area contributed by atoms with Crippen LogP contribution in [-0.4, -0.2) is 16.8 Å². The molecule has 110 valence electrons. The fourth-order valence-corrected chi connectivity index (χ4v) is 3.89. The molecule has 0 amide bonds. The summed E-state index contributed by atoms with van der Waals surface area (Å²) in [4.78, 5) is 1.41. The first-order chi connectivity index (χ1) is 10.2. The molecule has 0 saturated carbocycles. The number of aromatic nitrogens is 2. The fraction of sp³-hybridized carbons (Fsp3) is 0.353. The highest BCUT2D eigenvalue weighted by Crippen LogP contribution is 2.28. The van der Waals surface area contributed by atoms with E-state index in [0.29, 0.717) is 6.04 Å². The Bertz CT molecular complexity index is 741. The molecular weight excluding hydrogens is 278 g/mol. The van der Waals surface area contributed by atoms with Gasteiger partial charge in [0.15, 0.2) is 0 Å². The highest BCUT2D eigenvalue weighted by atomic mass is 32.1. The molecule has 0 spiro atoms. The predicted octanol–water partition coefficient (Wildman–Crippen LogP) is 3.93. The van der Waals surface area contributed by atoms with E-state index < -0.39 is 0 Å². The largest absolute Gasteiger partial charge is 0.312 e. The van der Waals surface area contributed by atoms with E-state index in [9.17, 15) is 0 Å². The first-order valence-corrected chi connectivity index (χ1v) is 8.28. The SMILES string of the molecule is CCn1nc(CC(NC)c2sccc2C)c2ccccc21. The van der Waals surface area contributed by atoms with Crippen molar-refractivity contribution >= 4 is 22.2 Å². The molecule has 0 saturated heterocycles. The molecule has 1 aromatic carbocycles. The van der Waals surface area contributed by atoms with Crippen LogP contribution in [0.25, 0.3) is 10.9 Å². The molecule has 3 rings (SSSR count). The average Bonchev–Trinajstić information content (AvgIpc) is 3.09. The Morgan fingerprint density at radius 1 is 1.29 bits per heavy atom. The summed E-state index contributed by atoms with van der Waals surface area (Å²) in [5, 5.41) is 11.7. The van der Waals surface area contributed by atoms with Gasteiger partial charge < -0.3 is 5.32 Å². The molecule has 0 aliphatic heterocycles. The molecule has 0 fully saturated rings. The standard InChI is InChI=1S/C17H21N3S/c1-4-20-16-8-6-5-7-13(16)14(19-20)11-15(18-3)17-12(2)9-10-21-17/h5-10,15,18H,4,11H2,1-3H3. The highest BCUT2D eigenvalue weighted by Gasteiger charge is 2.18. The lowest BCUT2D eigenvalue weighted by Gasteiger charge is -2.14. The average molecular weight is 299 g/mol. The lowest BCUT2D eigenvalue weighted by Crippen LogP contribution is -2.19. The van der Waals surface area contributed by atoms with Gasteiger partial charge in [0.25, 0.3) is 0 Å². The highest BCUT2D eigenvalue weighted by molar-refractivity contribution is 7.10. The van der Waals surface area contributed by atoms with Crippen molar-refractivity contribution < 1.29 is 0 Å². The maximum atomic E-state index is 4.82. The van der Waals surface area contributed by atoms with Crippen LogP contribution in [0.1, 0.15) is 29.1 Å². The summed E-state index contributed by atoms with van der Waals surface area (Å²) in [5.41, 5.74) is 3.77. The predicted molar refractivity (Wildman–Crippen MR) is 90.0 cm³/mol. The Morgan fingerprint density at radius 2 is 2.10 bits per heavy atom. The zero-order valence-corrected chi connectivity index (χ0v) is 13.6. The number of benzene rings is 1. The van der Waals surface area contributed by atoms with Crippen molar-refractivity contribution in [3.63, 3.8) is 0 Å². The molecule has 21 heavy (non-hydrogen) atoms. The minimum atomic E-state index is 0.327. The van der Waals surface area contributed by atoms with Crippen molar-refractivity contribution in [3.05, 3.63) is 51.8 Å². The molecule has 2 aromatic heterocycles. The van der Waals surface area contributed by atoms with Crippen molar-refractivity contribution in [2.45, 2.75) is 32.9 Å². The summed E-state index contributed by atoms with van der Waals surface area (Å²) in [6.45, 7) is 5.23. The molecular formula is C17H21N3S. The van der Waals surface area contributed by atoms with E-state index in [1.165, 1.54) is 27.0 Å². The molecule has 0 radical (unpaired) electrons. The Morgan fingerprint density at radius 3 is 2.76 bits per heavy atom. The van der Waals surface area contributed by atoms with Gasteiger partial charge in [0.2, 0.25) is 0 Å². The smallest absolute Gasteiger partial charge is 0.0722 e. The van der Waals surface area contributed by atoms with Crippen LogP contribution in [0.5, 0.6) is 0 Å². The number of thiophene rings is 1. The third-order valence-electron chi connectivity index (χ3n) is 4.00. The molecule has 2 heterocycles. The molecule has 0 bridgehead atoms. The van der Waals surface area contributed by atoms with Crippen molar-refractivity contribution in [2.75, 3.05) is 7.05 Å². The third-order valence-corrected chi connectivity index (χ3v) is 5.13. The number of nitrogens with one attached hydrogen (secondary N) is 1.